The monoisotopic (exact) mass is 455 g/mol. The Morgan fingerprint density at radius 1 is 0.971 bits per heavy atom. The molecule has 4 rings (SSSR count). The number of hydrogen-bond donors (Lipinski definition) is 3. The van der Waals surface area contributed by atoms with E-state index in [0.29, 0.717) is 40.0 Å². The number of carbonyl (C=O) groups is 2. The molecule has 1 aromatic heterocycles. The third kappa shape index (κ3) is 4.74. The lowest BCUT2D eigenvalue weighted by atomic mass is 9.98. The molecular weight excluding hydrogens is 430 g/mol. The topological polar surface area (TPSA) is 118 Å². The zero-order valence-electron chi connectivity index (χ0n) is 19.0. The number of methoxy groups -OCH3 is 1. The zero-order valence-corrected chi connectivity index (χ0v) is 19.0. The largest absolute Gasteiger partial charge is 0.494 e. The molecule has 0 fully saturated rings. The number of nitrogens with zero attached hydrogens (tertiary/aromatic N) is 1. The summed E-state index contributed by atoms with van der Waals surface area (Å²) in [6.07, 6.45) is 0.172. The first kappa shape index (κ1) is 22.9. The average Bonchev–Trinajstić information content (AvgIpc) is 3.18. The van der Waals surface area contributed by atoms with Crippen molar-refractivity contribution in [3.05, 3.63) is 94.5 Å². The molecule has 7 heteroatoms. The quantitative estimate of drug-likeness (QED) is 0.217. The molecule has 0 atom stereocenters. The average molecular weight is 456 g/mol. The number of benzene rings is 3. The van der Waals surface area contributed by atoms with Crippen molar-refractivity contribution in [2.24, 2.45) is 10.7 Å². The maximum absolute atomic E-state index is 12.0. The molecule has 0 bridgehead atoms. The molecule has 3 aromatic carbocycles. The Morgan fingerprint density at radius 2 is 1.62 bits per heavy atom. The van der Waals surface area contributed by atoms with Crippen LogP contribution in [-0.2, 0) is 22.5 Å². The molecule has 7 nitrogen and oxygen atoms in total. The van der Waals surface area contributed by atoms with Crippen LogP contribution in [0.3, 0.4) is 0 Å². The van der Waals surface area contributed by atoms with Crippen LogP contribution in [0.5, 0.6) is 5.88 Å². The van der Waals surface area contributed by atoms with Crippen molar-refractivity contribution in [2.45, 2.75) is 19.9 Å². The van der Waals surface area contributed by atoms with E-state index < -0.39 is 0 Å². The predicted octanol–water partition coefficient (Wildman–Crippen LogP) is 4.42. The van der Waals surface area contributed by atoms with Gasteiger partial charge in [0, 0.05) is 28.6 Å². The van der Waals surface area contributed by atoms with Crippen molar-refractivity contribution < 1.29 is 19.4 Å². The fourth-order valence-electron chi connectivity index (χ4n) is 3.76. The van der Waals surface area contributed by atoms with Gasteiger partial charge in [0.2, 0.25) is 0 Å². The summed E-state index contributed by atoms with van der Waals surface area (Å²) in [7, 11) is 1.36. The van der Waals surface area contributed by atoms with Crippen LogP contribution >= 0.6 is 0 Å². The van der Waals surface area contributed by atoms with Crippen molar-refractivity contribution in [1.29, 1.82) is 0 Å². The summed E-state index contributed by atoms with van der Waals surface area (Å²) in [6, 6.07) is 20.1. The molecule has 0 aliphatic carbocycles. The highest BCUT2D eigenvalue weighted by molar-refractivity contribution is 6.22. The van der Waals surface area contributed by atoms with Gasteiger partial charge in [0.05, 0.1) is 30.5 Å². The Morgan fingerprint density at radius 3 is 2.24 bits per heavy atom. The van der Waals surface area contributed by atoms with Crippen molar-refractivity contribution in [2.75, 3.05) is 7.11 Å². The van der Waals surface area contributed by atoms with E-state index in [1.54, 1.807) is 30.3 Å². The molecule has 0 spiro atoms. The highest BCUT2D eigenvalue weighted by atomic mass is 16.5. The van der Waals surface area contributed by atoms with Gasteiger partial charge in [-0.05, 0) is 48.4 Å². The minimum Gasteiger partial charge on any atom is -0.494 e. The summed E-state index contributed by atoms with van der Waals surface area (Å²) in [4.78, 5) is 31.4. The third-order valence-electron chi connectivity index (χ3n) is 5.64. The Bertz CT molecular complexity index is 1380. The van der Waals surface area contributed by atoms with Crippen molar-refractivity contribution in [3.63, 3.8) is 0 Å². The van der Waals surface area contributed by atoms with Gasteiger partial charge in [-0.15, -0.1) is 0 Å². The van der Waals surface area contributed by atoms with E-state index in [2.05, 4.69) is 4.98 Å². The Kier molecular flexibility index (Phi) is 6.56. The predicted molar refractivity (Wildman–Crippen MR) is 132 cm³/mol. The number of ketones is 1. The van der Waals surface area contributed by atoms with Gasteiger partial charge in [0.15, 0.2) is 11.7 Å². The number of hydrogen-bond acceptors (Lipinski definition) is 6. The second kappa shape index (κ2) is 9.72. The maximum atomic E-state index is 12.0. The van der Waals surface area contributed by atoms with Crippen LogP contribution in [-0.4, -0.2) is 34.7 Å². The number of H-pyrrole nitrogens is 1. The van der Waals surface area contributed by atoms with Gasteiger partial charge in [-0.2, -0.15) is 0 Å². The SMILES string of the molecule is COC(=O)Cc1ccc(N=C(c2ccc(CN)cc2)c2c(O)[nH]c3ccc(C(C)=O)cc23)cc1. The van der Waals surface area contributed by atoms with E-state index in [0.717, 1.165) is 16.7 Å². The third-order valence-corrected chi connectivity index (χ3v) is 5.64. The van der Waals surface area contributed by atoms with Crippen LogP contribution < -0.4 is 5.73 Å². The molecule has 0 saturated heterocycles. The van der Waals surface area contributed by atoms with E-state index in [9.17, 15) is 14.7 Å². The van der Waals surface area contributed by atoms with E-state index in [-0.39, 0.29) is 24.1 Å². The molecule has 4 N–H and O–H groups in total. The fraction of sp³-hybridized carbons (Fsp3) is 0.148. The summed E-state index contributed by atoms with van der Waals surface area (Å²) in [5, 5.41) is 11.5. The van der Waals surface area contributed by atoms with Gasteiger partial charge in [-0.3, -0.25) is 9.59 Å². The van der Waals surface area contributed by atoms with Gasteiger partial charge < -0.3 is 20.6 Å². The second-order valence-corrected chi connectivity index (χ2v) is 7.95. The number of carbonyl (C=O) groups excluding carboxylic acids is 2. The van der Waals surface area contributed by atoms with Crippen molar-refractivity contribution >= 4 is 34.1 Å². The lowest BCUT2D eigenvalue weighted by Gasteiger charge is -2.09. The number of nitrogens with two attached hydrogens (primary N) is 1. The van der Waals surface area contributed by atoms with Gasteiger partial charge in [-0.25, -0.2) is 4.99 Å². The highest BCUT2D eigenvalue weighted by Crippen LogP contribution is 2.32. The van der Waals surface area contributed by atoms with Crippen LogP contribution in [0.25, 0.3) is 10.9 Å². The highest BCUT2D eigenvalue weighted by Gasteiger charge is 2.20. The number of Topliss-reactive ketones (excluding diaryl/α,β-unsaturated/α-hetero) is 1. The summed E-state index contributed by atoms with van der Waals surface area (Å²) >= 11 is 0. The molecule has 0 amide bonds. The molecule has 0 unspecified atom stereocenters. The molecule has 4 aromatic rings. The first-order valence-electron chi connectivity index (χ1n) is 10.8. The minimum atomic E-state index is -0.318. The fourth-order valence-corrected chi connectivity index (χ4v) is 3.76. The maximum Gasteiger partial charge on any atom is 0.309 e. The number of aliphatic imine (C=N–C) groups is 1. The van der Waals surface area contributed by atoms with Gasteiger partial charge in [0.1, 0.15) is 0 Å². The van der Waals surface area contributed by atoms with Crippen LogP contribution in [0.1, 0.15) is 39.5 Å². The standard InChI is InChI=1S/C27H25N3O4/c1-16(31)20-9-12-23-22(14-20)25(27(33)30-23)26(19-7-3-18(15-28)4-8-19)29-21-10-5-17(6-11-21)13-24(32)34-2/h3-12,14,30,33H,13,15,28H2,1-2H3. The molecule has 34 heavy (non-hydrogen) atoms. The first-order chi connectivity index (χ1) is 16.4. The van der Waals surface area contributed by atoms with E-state index in [1.807, 2.05) is 36.4 Å². The molecule has 0 aliphatic rings. The van der Waals surface area contributed by atoms with E-state index in [4.69, 9.17) is 15.5 Å². The summed E-state index contributed by atoms with van der Waals surface area (Å²) < 4.78 is 4.72. The number of aromatic nitrogens is 1. The second-order valence-electron chi connectivity index (χ2n) is 7.95. The van der Waals surface area contributed by atoms with Gasteiger partial charge in [-0.1, -0.05) is 36.4 Å². The summed E-state index contributed by atoms with van der Waals surface area (Å²) in [6.45, 7) is 1.92. The minimum absolute atomic E-state index is 0.0420. The number of ether oxygens (including phenoxy) is 1. The number of aromatic amines is 1. The smallest absolute Gasteiger partial charge is 0.309 e. The molecule has 0 radical (unpaired) electrons. The Labute approximate surface area is 196 Å². The lowest BCUT2D eigenvalue weighted by Crippen LogP contribution is -2.05. The van der Waals surface area contributed by atoms with Crippen LogP contribution in [0, 0.1) is 0 Å². The van der Waals surface area contributed by atoms with Crippen molar-refractivity contribution in [1.82, 2.24) is 4.98 Å². The molecule has 172 valence electrons. The number of aromatic hydroxyl groups is 1. The van der Waals surface area contributed by atoms with Crippen molar-refractivity contribution in [3.8, 4) is 5.88 Å². The normalized spacial score (nSPS) is 11.6. The van der Waals surface area contributed by atoms with Crippen LogP contribution in [0.2, 0.25) is 0 Å². The Balaban J connectivity index is 1.87. The van der Waals surface area contributed by atoms with E-state index in [1.165, 1.54) is 14.0 Å². The lowest BCUT2D eigenvalue weighted by molar-refractivity contribution is -0.139. The van der Waals surface area contributed by atoms with Crippen LogP contribution in [0.4, 0.5) is 5.69 Å². The number of nitrogens with one attached hydrogen (secondary N) is 1. The number of rotatable bonds is 7. The number of fused-ring (bicyclic) bond motifs is 1. The molecular formula is C27H25N3O4. The molecule has 0 saturated carbocycles. The zero-order chi connectivity index (χ0) is 24.2. The Hall–Kier alpha value is -4.23. The summed E-state index contributed by atoms with van der Waals surface area (Å²) in [5.41, 5.74) is 11.2. The number of esters is 1. The molecule has 1 heterocycles. The first-order valence-corrected chi connectivity index (χ1v) is 10.8. The molecule has 0 aliphatic heterocycles. The van der Waals surface area contributed by atoms with Gasteiger partial charge in [0.25, 0.3) is 0 Å². The van der Waals surface area contributed by atoms with E-state index >= 15 is 0 Å². The van der Waals surface area contributed by atoms with Gasteiger partial charge >= 0.3 is 5.97 Å². The van der Waals surface area contributed by atoms with Crippen LogP contribution in [0.15, 0.2) is 71.7 Å². The summed E-state index contributed by atoms with van der Waals surface area (Å²) in [5.74, 6) is -0.429.